The van der Waals surface area contributed by atoms with Crippen LogP contribution in [0, 0.1) is 5.92 Å². The van der Waals surface area contributed by atoms with Gasteiger partial charge in [0.2, 0.25) is 10.0 Å². The van der Waals surface area contributed by atoms with Crippen LogP contribution in [0.25, 0.3) is 11.0 Å². The average molecular weight is 468 g/mol. The highest BCUT2D eigenvalue weighted by Gasteiger charge is 2.28. The summed E-state index contributed by atoms with van der Waals surface area (Å²) >= 11 is 0. The van der Waals surface area contributed by atoms with E-state index in [0.717, 1.165) is 55.2 Å². The Morgan fingerprint density at radius 1 is 1.23 bits per heavy atom. The summed E-state index contributed by atoms with van der Waals surface area (Å²) in [7, 11) is -0.683. The summed E-state index contributed by atoms with van der Waals surface area (Å²) < 4.78 is 34.1. The minimum absolute atomic E-state index is 0.220. The Kier molecular flexibility index (Phi) is 7.77. The number of nitrogens with one attached hydrogen (secondary N) is 1. The van der Waals surface area contributed by atoms with E-state index < -0.39 is 18.1 Å². The molecule has 1 aliphatic rings. The van der Waals surface area contributed by atoms with Crippen LogP contribution < -0.4 is 9.62 Å². The van der Waals surface area contributed by atoms with Crippen molar-refractivity contribution in [3.8, 4) is 0 Å². The van der Waals surface area contributed by atoms with Crippen molar-refractivity contribution in [3.05, 3.63) is 18.6 Å². The highest BCUT2D eigenvalue weighted by molar-refractivity contribution is 7.89. The molecule has 0 radical (unpaired) electrons. The number of anilines is 1. The van der Waals surface area contributed by atoms with Crippen molar-refractivity contribution >= 4 is 34.9 Å². The topological polar surface area (TPSA) is 89.4 Å². The summed E-state index contributed by atoms with van der Waals surface area (Å²) in [6.45, 7) is 8.33. The van der Waals surface area contributed by atoms with Crippen molar-refractivity contribution in [2.45, 2.75) is 64.1 Å². The lowest BCUT2D eigenvalue weighted by atomic mass is 9.86. The molecule has 3 rings (SSSR count). The van der Waals surface area contributed by atoms with Gasteiger partial charge in [0.25, 0.3) is 0 Å². The monoisotopic (exact) mass is 467 g/mol. The molecule has 1 saturated carbocycles. The molecule has 0 spiro atoms. The van der Waals surface area contributed by atoms with E-state index in [9.17, 15) is 8.42 Å². The quantitative estimate of drug-likeness (QED) is 0.426. The number of fused-ring (bicyclic) bond motifs is 1. The van der Waals surface area contributed by atoms with Crippen molar-refractivity contribution in [1.29, 1.82) is 0 Å². The van der Waals surface area contributed by atoms with Gasteiger partial charge in [-0.25, -0.2) is 23.1 Å². The predicted molar refractivity (Wildman–Crippen MR) is 129 cm³/mol. The Morgan fingerprint density at radius 2 is 1.94 bits per heavy atom. The molecule has 0 aromatic carbocycles. The number of sulfonamides is 1. The number of nitrogens with zero attached hydrogens (tertiary/aromatic N) is 4. The van der Waals surface area contributed by atoms with Crippen LogP contribution in [0.1, 0.15) is 25.7 Å². The van der Waals surface area contributed by atoms with E-state index in [1.54, 1.807) is 6.33 Å². The van der Waals surface area contributed by atoms with Gasteiger partial charge in [-0.1, -0.05) is 19.6 Å². The van der Waals surface area contributed by atoms with Gasteiger partial charge in [0.05, 0.1) is 11.1 Å². The Labute approximate surface area is 187 Å². The molecule has 2 heterocycles. The average Bonchev–Trinajstić information content (AvgIpc) is 3.13. The Bertz CT molecular complexity index is 965. The predicted octanol–water partition coefficient (Wildman–Crippen LogP) is 3.29. The summed E-state index contributed by atoms with van der Waals surface area (Å²) in [5.41, 5.74) is 0.888. The fourth-order valence-corrected chi connectivity index (χ4v) is 6.06. The van der Waals surface area contributed by atoms with Gasteiger partial charge in [0, 0.05) is 34.0 Å². The zero-order valence-electron chi connectivity index (χ0n) is 19.5. The van der Waals surface area contributed by atoms with Crippen LogP contribution in [-0.2, 0) is 21.5 Å². The molecule has 0 bridgehead atoms. The molecule has 0 aliphatic heterocycles. The third-order valence-corrected chi connectivity index (χ3v) is 9.46. The van der Waals surface area contributed by atoms with E-state index in [4.69, 9.17) is 4.74 Å². The maximum absolute atomic E-state index is 11.8. The molecular weight excluding hydrogens is 430 g/mol. The fraction of sp³-hybridized carbons (Fsp3) is 0.714. The van der Waals surface area contributed by atoms with Crippen LogP contribution in [0.5, 0.6) is 0 Å². The molecule has 2 aromatic heterocycles. The first-order valence-electron chi connectivity index (χ1n) is 11.1. The first kappa shape index (κ1) is 24.2. The fourth-order valence-electron chi connectivity index (χ4n) is 4.18. The minimum Gasteiger partial charge on any atom is -0.361 e. The van der Waals surface area contributed by atoms with E-state index in [0.29, 0.717) is 12.8 Å². The van der Waals surface area contributed by atoms with Crippen molar-refractivity contribution in [2.24, 2.45) is 5.92 Å². The lowest BCUT2D eigenvalue weighted by molar-refractivity contribution is 0.0899. The van der Waals surface area contributed by atoms with E-state index >= 15 is 0 Å². The molecule has 0 unspecified atom stereocenters. The molecule has 31 heavy (non-hydrogen) atoms. The van der Waals surface area contributed by atoms with Gasteiger partial charge in [-0.15, -0.1) is 0 Å². The Morgan fingerprint density at radius 3 is 2.58 bits per heavy atom. The number of hydrogen-bond donors (Lipinski definition) is 1. The molecule has 0 saturated heterocycles. The van der Waals surface area contributed by atoms with Gasteiger partial charge in [-0.3, -0.25) is 0 Å². The zero-order valence-corrected chi connectivity index (χ0v) is 21.3. The molecular formula is C21H37N5O3SSi. The SMILES string of the molecule is CNS(=O)(=O)C[C@H]1CC[C@H](N(C)c2ncnc3c2ccn3COCC[Si](C)(C)C)CC1. The van der Waals surface area contributed by atoms with Crippen LogP contribution in [0.3, 0.4) is 0 Å². The molecule has 2 aromatic rings. The second-order valence-corrected chi connectivity index (χ2v) is 17.4. The normalized spacial score (nSPS) is 20.3. The Hall–Kier alpha value is -1.49. The number of hydrogen-bond acceptors (Lipinski definition) is 6. The maximum Gasteiger partial charge on any atom is 0.211 e. The molecule has 1 aliphatic carbocycles. The van der Waals surface area contributed by atoms with Gasteiger partial charge < -0.3 is 14.2 Å². The van der Waals surface area contributed by atoms with Crippen LogP contribution in [0.4, 0.5) is 5.82 Å². The minimum atomic E-state index is -3.15. The molecule has 1 N–H and O–H groups in total. The number of aromatic nitrogens is 3. The molecule has 174 valence electrons. The second-order valence-electron chi connectivity index (χ2n) is 9.84. The molecule has 0 atom stereocenters. The zero-order chi connectivity index (χ0) is 22.6. The molecule has 10 heteroatoms. The highest BCUT2D eigenvalue weighted by Crippen LogP contribution is 2.32. The van der Waals surface area contributed by atoms with Gasteiger partial charge in [-0.05, 0) is 50.8 Å². The maximum atomic E-state index is 11.8. The van der Waals surface area contributed by atoms with E-state index in [1.807, 2.05) is 10.8 Å². The standard InChI is InChI=1S/C21H37N5O3SSi/c1-22-30(27,28)14-17-6-8-18(9-7-17)25(2)20-19-10-11-26(21(19)24-15-23-20)16-29-12-13-31(3,4)5/h10-11,15,17-18,22H,6-9,12-14,16H2,1-5H3/t17-,18-. The second kappa shape index (κ2) is 9.97. The highest BCUT2D eigenvalue weighted by atomic mass is 32.2. The summed E-state index contributed by atoms with van der Waals surface area (Å²) in [5, 5.41) is 1.03. The Balaban J connectivity index is 1.63. The van der Waals surface area contributed by atoms with Crippen LogP contribution in [0.15, 0.2) is 18.6 Å². The van der Waals surface area contributed by atoms with Crippen LogP contribution in [-0.4, -0.2) is 63.5 Å². The van der Waals surface area contributed by atoms with Crippen molar-refractivity contribution in [1.82, 2.24) is 19.3 Å². The summed E-state index contributed by atoms with van der Waals surface area (Å²) in [6.07, 6.45) is 7.40. The van der Waals surface area contributed by atoms with Crippen molar-refractivity contribution in [3.63, 3.8) is 0 Å². The smallest absolute Gasteiger partial charge is 0.211 e. The number of rotatable bonds is 10. The summed E-state index contributed by atoms with van der Waals surface area (Å²) in [4.78, 5) is 11.3. The lowest BCUT2D eigenvalue weighted by Crippen LogP contribution is -2.38. The first-order chi connectivity index (χ1) is 14.6. The largest absolute Gasteiger partial charge is 0.361 e. The van der Waals surface area contributed by atoms with E-state index in [1.165, 1.54) is 7.05 Å². The lowest BCUT2D eigenvalue weighted by Gasteiger charge is -2.35. The molecule has 8 nitrogen and oxygen atoms in total. The van der Waals surface area contributed by atoms with Crippen LogP contribution >= 0.6 is 0 Å². The third-order valence-electron chi connectivity index (χ3n) is 6.23. The number of ether oxygens (including phenoxy) is 1. The molecule has 0 amide bonds. The van der Waals surface area contributed by atoms with Gasteiger partial charge >= 0.3 is 0 Å². The van der Waals surface area contributed by atoms with Crippen molar-refractivity contribution in [2.75, 3.05) is 31.4 Å². The summed E-state index contributed by atoms with van der Waals surface area (Å²) in [5.74, 6) is 1.37. The van der Waals surface area contributed by atoms with Crippen LogP contribution in [0.2, 0.25) is 25.7 Å². The molecule has 1 fully saturated rings. The van der Waals surface area contributed by atoms with Gasteiger partial charge in [0.15, 0.2) is 0 Å². The van der Waals surface area contributed by atoms with Gasteiger partial charge in [0.1, 0.15) is 24.5 Å². The summed E-state index contributed by atoms with van der Waals surface area (Å²) in [6, 6.07) is 3.56. The third kappa shape index (κ3) is 6.50. The first-order valence-corrected chi connectivity index (χ1v) is 16.5. The van der Waals surface area contributed by atoms with E-state index in [2.05, 4.69) is 52.3 Å². The van der Waals surface area contributed by atoms with Crippen molar-refractivity contribution < 1.29 is 13.2 Å². The van der Waals surface area contributed by atoms with Gasteiger partial charge in [-0.2, -0.15) is 0 Å². The van der Waals surface area contributed by atoms with E-state index in [-0.39, 0.29) is 11.7 Å².